The second kappa shape index (κ2) is 5.27. The van der Waals surface area contributed by atoms with Crippen molar-refractivity contribution < 1.29 is 14.3 Å². The lowest BCUT2D eigenvalue weighted by Crippen LogP contribution is -2.01. The van der Waals surface area contributed by atoms with Crippen molar-refractivity contribution in [3.8, 4) is 0 Å². The number of carboxylic acids is 1. The fourth-order valence-corrected chi connectivity index (χ4v) is 1.74. The van der Waals surface area contributed by atoms with Crippen LogP contribution in [0.25, 0.3) is 5.57 Å². The van der Waals surface area contributed by atoms with Crippen molar-refractivity contribution in [2.75, 3.05) is 0 Å². The zero-order valence-electron chi connectivity index (χ0n) is 9.51. The first-order valence-electron chi connectivity index (χ1n) is 5.44. The molecule has 0 unspecified atom stereocenters. The first-order valence-corrected chi connectivity index (χ1v) is 5.44. The number of carboxylic acid groups (broad SMARTS) is 1. The lowest BCUT2D eigenvalue weighted by atomic mass is 10.0. The van der Waals surface area contributed by atoms with Crippen LogP contribution in [-0.2, 0) is 4.79 Å². The molecule has 0 radical (unpaired) electrons. The van der Waals surface area contributed by atoms with E-state index in [0.717, 1.165) is 0 Å². The van der Waals surface area contributed by atoms with Gasteiger partial charge in [-0.25, -0.2) is 4.79 Å². The van der Waals surface area contributed by atoms with E-state index in [1.807, 2.05) is 0 Å². The van der Waals surface area contributed by atoms with Crippen molar-refractivity contribution >= 4 is 11.5 Å². The number of carbonyl (C=O) groups is 1. The minimum Gasteiger partial charge on any atom is -0.476 e. The molecule has 1 N–H and O–H groups in total. The van der Waals surface area contributed by atoms with E-state index >= 15 is 0 Å². The number of aliphatic carboxylic acids is 1. The average Bonchev–Trinajstić information content (AvgIpc) is 2.41. The van der Waals surface area contributed by atoms with Gasteiger partial charge in [0.1, 0.15) is 0 Å². The zero-order chi connectivity index (χ0) is 13.0. The van der Waals surface area contributed by atoms with Crippen LogP contribution < -0.4 is 0 Å². The Hall–Kier alpha value is -2.42. The summed E-state index contributed by atoms with van der Waals surface area (Å²) < 4.78 is 13.8. The molecule has 2 aromatic rings. The molecule has 0 spiro atoms. The molecule has 90 valence electrons. The van der Waals surface area contributed by atoms with Crippen LogP contribution in [-0.4, -0.2) is 11.1 Å². The van der Waals surface area contributed by atoms with Crippen molar-refractivity contribution in [2.24, 2.45) is 0 Å². The third-order valence-electron chi connectivity index (χ3n) is 2.53. The maximum atomic E-state index is 13.8. The van der Waals surface area contributed by atoms with Gasteiger partial charge in [-0.2, -0.15) is 4.39 Å². The SMILES string of the molecule is O=C(O)[13C](F)=C(c1ccccc1)c1ccccc1. The molecule has 2 nitrogen and oxygen atoms in total. The van der Waals surface area contributed by atoms with E-state index in [0.29, 0.717) is 11.1 Å². The summed E-state index contributed by atoms with van der Waals surface area (Å²) in [5.74, 6) is -2.70. The smallest absolute Gasteiger partial charge is 0.365 e. The summed E-state index contributed by atoms with van der Waals surface area (Å²) >= 11 is 0. The third kappa shape index (κ3) is 2.46. The molecule has 0 aromatic heterocycles. The molecule has 0 amide bonds. The molecule has 2 aromatic carbocycles. The van der Waals surface area contributed by atoms with Crippen LogP contribution >= 0.6 is 0 Å². The van der Waals surface area contributed by atoms with Gasteiger partial charge in [0.05, 0.1) is 0 Å². The molecule has 0 aliphatic carbocycles. The number of halogens is 1. The Kier molecular flexibility index (Phi) is 3.53. The van der Waals surface area contributed by atoms with Crippen molar-refractivity contribution in [1.82, 2.24) is 0 Å². The summed E-state index contributed by atoms with van der Waals surface area (Å²) in [4.78, 5) is 10.9. The van der Waals surface area contributed by atoms with Crippen LogP contribution in [0.5, 0.6) is 0 Å². The highest BCUT2D eigenvalue weighted by molar-refractivity contribution is 5.98. The Morgan fingerprint density at radius 3 is 1.56 bits per heavy atom. The second-order valence-corrected chi connectivity index (χ2v) is 3.73. The molecule has 0 bridgehead atoms. The molecule has 0 heterocycles. The van der Waals surface area contributed by atoms with Gasteiger partial charge in [-0.15, -0.1) is 0 Å². The van der Waals surface area contributed by atoms with E-state index in [1.165, 1.54) is 0 Å². The summed E-state index contributed by atoms with van der Waals surface area (Å²) in [6.45, 7) is 0. The Bertz CT molecular complexity index is 532. The molecular weight excluding hydrogens is 232 g/mol. The Labute approximate surface area is 104 Å². The molecule has 0 saturated heterocycles. The lowest BCUT2D eigenvalue weighted by Gasteiger charge is -2.08. The lowest BCUT2D eigenvalue weighted by molar-refractivity contribution is -0.134. The summed E-state index contributed by atoms with van der Waals surface area (Å²) in [5.41, 5.74) is 1.19. The minimum atomic E-state index is -1.56. The minimum absolute atomic E-state index is 0.101. The highest BCUT2D eigenvalue weighted by Gasteiger charge is 2.17. The maximum absolute atomic E-state index is 13.8. The molecule has 18 heavy (non-hydrogen) atoms. The van der Waals surface area contributed by atoms with E-state index in [4.69, 9.17) is 5.11 Å². The van der Waals surface area contributed by atoms with Gasteiger partial charge < -0.3 is 5.11 Å². The predicted octanol–water partition coefficient (Wildman–Crippen LogP) is 3.50. The largest absolute Gasteiger partial charge is 0.476 e. The van der Waals surface area contributed by atoms with Gasteiger partial charge in [-0.1, -0.05) is 60.7 Å². The van der Waals surface area contributed by atoms with Crippen LogP contribution in [0, 0.1) is 0 Å². The zero-order valence-corrected chi connectivity index (χ0v) is 9.51. The van der Waals surface area contributed by atoms with Crippen LogP contribution in [0.3, 0.4) is 0 Å². The molecule has 0 aliphatic rings. The van der Waals surface area contributed by atoms with Gasteiger partial charge >= 0.3 is 5.97 Å². The highest BCUT2D eigenvalue weighted by Crippen LogP contribution is 2.27. The van der Waals surface area contributed by atoms with Gasteiger partial charge in [0, 0.05) is 5.57 Å². The van der Waals surface area contributed by atoms with Crippen molar-refractivity contribution in [1.29, 1.82) is 0 Å². The Morgan fingerprint density at radius 2 is 1.22 bits per heavy atom. The van der Waals surface area contributed by atoms with E-state index < -0.39 is 11.8 Å². The molecule has 0 saturated carbocycles. The topological polar surface area (TPSA) is 37.3 Å². The molecule has 0 atom stereocenters. The standard InChI is InChI=1S/C15H11FO2/c16-14(15(17)18)13(11-7-3-1-4-8-11)12-9-5-2-6-10-12/h1-10H,(H,17,18)/i14+1. The van der Waals surface area contributed by atoms with Crippen LogP contribution in [0.1, 0.15) is 11.1 Å². The van der Waals surface area contributed by atoms with E-state index in [2.05, 4.69) is 0 Å². The molecule has 2 rings (SSSR count). The van der Waals surface area contributed by atoms with E-state index in [1.54, 1.807) is 60.7 Å². The predicted molar refractivity (Wildman–Crippen MR) is 67.6 cm³/mol. The quantitative estimate of drug-likeness (QED) is 0.661. The number of rotatable bonds is 3. The molecule has 3 heteroatoms. The average molecular weight is 243 g/mol. The summed E-state index contributed by atoms with van der Waals surface area (Å²) in [7, 11) is 0. The molecular formula is C15H11FO2. The first-order chi connectivity index (χ1) is 8.70. The number of hydrogen-bond acceptors (Lipinski definition) is 1. The molecule has 0 fully saturated rings. The second-order valence-electron chi connectivity index (χ2n) is 3.73. The van der Waals surface area contributed by atoms with Gasteiger partial charge in [-0.3, -0.25) is 0 Å². The van der Waals surface area contributed by atoms with Gasteiger partial charge in [0.25, 0.3) is 0 Å². The Morgan fingerprint density at radius 1 is 0.833 bits per heavy atom. The van der Waals surface area contributed by atoms with Crippen molar-refractivity contribution in [3.63, 3.8) is 0 Å². The summed E-state index contributed by atoms with van der Waals surface area (Å²) in [6, 6.07) is 17.3. The fraction of sp³-hybridized carbons (Fsp3) is 0. The fourth-order valence-electron chi connectivity index (χ4n) is 1.74. The van der Waals surface area contributed by atoms with Gasteiger partial charge in [-0.05, 0) is 11.1 Å². The monoisotopic (exact) mass is 243 g/mol. The van der Waals surface area contributed by atoms with Crippen LogP contribution in [0.15, 0.2) is 66.5 Å². The third-order valence-corrected chi connectivity index (χ3v) is 2.53. The normalized spacial score (nSPS) is 9.83. The van der Waals surface area contributed by atoms with E-state index in [-0.39, 0.29) is 5.57 Å². The van der Waals surface area contributed by atoms with Crippen LogP contribution in [0.4, 0.5) is 4.39 Å². The molecule has 0 aliphatic heterocycles. The van der Waals surface area contributed by atoms with Crippen molar-refractivity contribution in [2.45, 2.75) is 0 Å². The summed E-state index contributed by atoms with van der Waals surface area (Å²) in [6.07, 6.45) is 0. The first kappa shape index (κ1) is 12.0. The van der Waals surface area contributed by atoms with Crippen molar-refractivity contribution in [3.05, 3.63) is 77.6 Å². The summed E-state index contributed by atoms with van der Waals surface area (Å²) in [5, 5.41) is 8.84. The number of benzene rings is 2. The Balaban J connectivity index is 2.64. The maximum Gasteiger partial charge on any atom is 0.365 e. The van der Waals surface area contributed by atoms with Gasteiger partial charge in [0.15, 0.2) is 0 Å². The van der Waals surface area contributed by atoms with Crippen LogP contribution in [0.2, 0.25) is 0 Å². The highest BCUT2D eigenvalue weighted by atomic mass is 19.2. The number of hydrogen-bond donors (Lipinski definition) is 1. The van der Waals surface area contributed by atoms with Gasteiger partial charge in [0.2, 0.25) is 5.83 Å². The van der Waals surface area contributed by atoms with E-state index in [9.17, 15) is 9.18 Å².